The van der Waals surface area contributed by atoms with E-state index in [1.54, 1.807) is 0 Å². The Labute approximate surface area is 148 Å². The van der Waals surface area contributed by atoms with Crippen LogP contribution in [0.25, 0.3) is 10.2 Å². The first-order chi connectivity index (χ1) is 11.6. The zero-order chi connectivity index (χ0) is 16.7. The highest BCUT2D eigenvalue weighted by Crippen LogP contribution is 2.39. The van der Waals surface area contributed by atoms with Crippen molar-refractivity contribution in [3.8, 4) is 0 Å². The van der Waals surface area contributed by atoms with Crippen molar-refractivity contribution in [2.75, 3.05) is 45.1 Å². The number of anilines is 1. The van der Waals surface area contributed by atoms with Crippen LogP contribution >= 0.6 is 11.3 Å². The summed E-state index contributed by atoms with van der Waals surface area (Å²) in [5, 5.41) is 4.95. The zero-order valence-electron chi connectivity index (χ0n) is 14.9. The number of aromatic nitrogens is 2. The molecule has 0 bridgehead atoms. The third-order valence-corrected chi connectivity index (χ3v) is 6.59. The fraction of sp³-hybridized carbons (Fsp3) is 0.667. The van der Waals surface area contributed by atoms with Crippen LogP contribution in [-0.2, 0) is 12.8 Å². The lowest BCUT2D eigenvalue weighted by atomic mass is 10.2. The van der Waals surface area contributed by atoms with Gasteiger partial charge >= 0.3 is 0 Å². The van der Waals surface area contributed by atoms with Crippen LogP contribution in [0.1, 0.15) is 29.6 Å². The van der Waals surface area contributed by atoms with Gasteiger partial charge in [0.25, 0.3) is 0 Å². The lowest BCUT2D eigenvalue weighted by Gasteiger charge is -2.36. The number of piperazine rings is 1. The first-order valence-electron chi connectivity index (χ1n) is 9.07. The number of aryl methyl sites for hydroxylation is 3. The molecule has 1 atom stereocenters. The van der Waals surface area contributed by atoms with Crippen molar-refractivity contribution in [1.82, 2.24) is 19.8 Å². The minimum atomic E-state index is 0.524. The Morgan fingerprint density at radius 1 is 1.17 bits per heavy atom. The summed E-state index contributed by atoms with van der Waals surface area (Å²) < 4.78 is 0. The molecule has 6 heteroatoms. The van der Waals surface area contributed by atoms with E-state index in [1.165, 1.54) is 53.0 Å². The number of nitrogens with one attached hydrogen (secondary N) is 1. The molecule has 0 aromatic carbocycles. The molecule has 0 amide bonds. The highest BCUT2D eigenvalue weighted by atomic mass is 32.1. The van der Waals surface area contributed by atoms with E-state index in [2.05, 4.69) is 34.1 Å². The molecule has 2 aromatic rings. The van der Waals surface area contributed by atoms with Crippen molar-refractivity contribution in [2.45, 2.75) is 39.2 Å². The molecule has 1 aliphatic carbocycles. The molecular weight excluding hydrogens is 318 g/mol. The van der Waals surface area contributed by atoms with Gasteiger partial charge in [0.15, 0.2) is 0 Å². The fourth-order valence-corrected chi connectivity index (χ4v) is 5.17. The van der Waals surface area contributed by atoms with Gasteiger partial charge in [-0.3, -0.25) is 4.90 Å². The summed E-state index contributed by atoms with van der Waals surface area (Å²) in [5.41, 5.74) is 1.50. The maximum atomic E-state index is 4.74. The van der Waals surface area contributed by atoms with E-state index in [4.69, 9.17) is 4.98 Å². The Kier molecular flexibility index (Phi) is 4.45. The predicted molar refractivity (Wildman–Crippen MR) is 101 cm³/mol. The second-order valence-corrected chi connectivity index (χ2v) is 8.31. The van der Waals surface area contributed by atoms with E-state index in [1.807, 2.05) is 18.3 Å². The molecule has 4 rings (SSSR count). The highest BCUT2D eigenvalue weighted by molar-refractivity contribution is 7.19. The SMILES string of the molecule is Cc1nc(NC[C@@H](C)N2CCN(C)CC2)c2c3c(sc2n1)CCC3. The summed E-state index contributed by atoms with van der Waals surface area (Å²) >= 11 is 1.87. The van der Waals surface area contributed by atoms with Crippen molar-refractivity contribution in [3.05, 3.63) is 16.3 Å². The van der Waals surface area contributed by atoms with Crippen LogP contribution in [0.2, 0.25) is 0 Å². The molecular formula is C18H27N5S. The smallest absolute Gasteiger partial charge is 0.138 e. The summed E-state index contributed by atoms with van der Waals surface area (Å²) in [6.07, 6.45) is 3.68. The fourth-order valence-electron chi connectivity index (χ4n) is 3.87. The van der Waals surface area contributed by atoms with E-state index in [-0.39, 0.29) is 0 Å². The Morgan fingerprint density at radius 3 is 2.75 bits per heavy atom. The van der Waals surface area contributed by atoms with Crippen LogP contribution in [0.5, 0.6) is 0 Å². The minimum absolute atomic E-state index is 0.524. The maximum Gasteiger partial charge on any atom is 0.138 e. The molecule has 3 heterocycles. The summed E-state index contributed by atoms with van der Waals surface area (Å²) in [4.78, 5) is 17.1. The molecule has 0 unspecified atom stereocenters. The van der Waals surface area contributed by atoms with Crippen LogP contribution < -0.4 is 5.32 Å². The van der Waals surface area contributed by atoms with Crippen LogP contribution in [0, 0.1) is 6.92 Å². The lowest BCUT2D eigenvalue weighted by Crippen LogP contribution is -2.49. The number of rotatable bonds is 4. The standard InChI is InChI=1S/C18H27N5S/c1-12(23-9-7-22(3)8-10-23)11-19-17-16-14-5-4-6-15(14)24-18(16)21-13(2)20-17/h12H,4-11H2,1-3H3,(H,19,20,21)/t12-/m1/s1. The van der Waals surface area contributed by atoms with Gasteiger partial charge in [-0.15, -0.1) is 11.3 Å². The van der Waals surface area contributed by atoms with E-state index in [9.17, 15) is 0 Å². The Balaban J connectivity index is 1.52. The molecule has 0 spiro atoms. The monoisotopic (exact) mass is 345 g/mol. The maximum absolute atomic E-state index is 4.74. The van der Waals surface area contributed by atoms with Crippen molar-refractivity contribution in [1.29, 1.82) is 0 Å². The summed E-state index contributed by atoms with van der Waals surface area (Å²) in [5.74, 6) is 1.93. The molecule has 1 saturated heterocycles. The van der Waals surface area contributed by atoms with Crippen LogP contribution in [0.4, 0.5) is 5.82 Å². The molecule has 2 aromatic heterocycles. The van der Waals surface area contributed by atoms with Gasteiger partial charge in [-0.2, -0.15) is 0 Å². The number of hydrogen-bond acceptors (Lipinski definition) is 6. The van der Waals surface area contributed by atoms with Gasteiger partial charge in [-0.25, -0.2) is 9.97 Å². The number of fused-ring (bicyclic) bond motifs is 3. The third kappa shape index (κ3) is 3.03. The summed E-state index contributed by atoms with van der Waals surface area (Å²) in [6.45, 7) is 9.91. The zero-order valence-corrected chi connectivity index (χ0v) is 15.7. The van der Waals surface area contributed by atoms with Gasteiger partial charge in [0, 0.05) is 43.6 Å². The number of likely N-dealkylation sites (N-methyl/N-ethyl adjacent to an activating group) is 1. The van der Waals surface area contributed by atoms with Gasteiger partial charge in [0.1, 0.15) is 16.5 Å². The van der Waals surface area contributed by atoms with E-state index in [0.29, 0.717) is 6.04 Å². The van der Waals surface area contributed by atoms with Gasteiger partial charge in [0.05, 0.1) is 5.39 Å². The molecule has 0 saturated carbocycles. The van der Waals surface area contributed by atoms with Gasteiger partial charge < -0.3 is 10.2 Å². The van der Waals surface area contributed by atoms with E-state index >= 15 is 0 Å². The number of nitrogens with zero attached hydrogens (tertiary/aromatic N) is 4. The predicted octanol–water partition coefficient (Wildman–Crippen LogP) is 2.54. The minimum Gasteiger partial charge on any atom is -0.368 e. The molecule has 0 radical (unpaired) electrons. The molecule has 130 valence electrons. The van der Waals surface area contributed by atoms with Gasteiger partial charge in [0.2, 0.25) is 0 Å². The molecule has 1 aliphatic heterocycles. The number of thiophene rings is 1. The average Bonchev–Trinajstić information content (AvgIpc) is 3.13. The molecule has 24 heavy (non-hydrogen) atoms. The lowest BCUT2D eigenvalue weighted by molar-refractivity contribution is 0.123. The molecule has 1 N–H and O–H groups in total. The van der Waals surface area contributed by atoms with Crippen LogP contribution in [0.15, 0.2) is 0 Å². The van der Waals surface area contributed by atoms with Gasteiger partial charge in [-0.05, 0) is 45.7 Å². The normalized spacial score (nSPS) is 20.5. The molecule has 5 nitrogen and oxygen atoms in total. The first-order valence-corrected chi connectivity index (χ1v) is 9.89. The van der Waals surface area contributed by atoms with E-state index in [0.717, 1.165) is 31.3 Å². The Bertz CT molecular complexity index is 733. The first kappa shape index (κ1) is 16.2. The summed E-state index contributed by atoms with van der Waals surface area (Å²) in [6, 6.07) is 0.524. The van der Waals surface area contributed by atoms with E-state index < -0.39 is 0 Å². The molecule has 2 aliphatic rings. The largest absolute Gasteiger partial charge is 0.368 e. The summed E-state index contributed by atoms with van der Waals surface area (Å²) in [7, 11) is 2.21. The van der Waals surface area contributed by atoms with Crippen molar-refractivity contribution < 1.29 is 0 Å². The third-order valence-electron chi connectivity index (χ3n) is 5.40. The topological polar surface area (TPSA) is 44.3 Å². The van der Waals surface area contributed by atoms with Crippen molar-refractivity contribution >= 4 is 27.4 Å². The Hall–Kier alpha value is -1.24. The quantitative estimate of drug-likeness (QED) is 0.922. The molecule has 1 fully saturated rings. The highest BCUT2D eigenvalue weighted by Gasteiger charge is 2.23. The number of hydrogen-bond donors (Lipinski definition) is 1. The second kappa shape index (κ2) is 6.58. The van der Waals surface area contributed by atoms with Crippen molar-refractivity contribution in [3.63, 3.8) is 0 Å². The van der Waals surface area contributed by atoms with Gasteiger partial charge in [-0.1, -0.05) is 0 Å². The van der Waals surface area contributed by atoms with Crippen LogP contribution in [-0.4, -0.2) is 65.6 Å². The van der Waals surface area contributed by atoms with Crippen LogP contribution in [0.3, 0.4) is 0 Å². The van der Waals surface area contributed by atoms with Crippen molar-refractivity contribution in [2.24, 2.45) is 0 Å². The second-order valence-electron chi connectivity index (χ2n) is 7.23. The Morgan fingerprint density at radius 2 is 1.96 bits per heavy atom. The average molecular weight is 346 g/mol.